The maximum atomic E-state index is 14.1. The Morgan fingerprint density at radius 1 is 1.02 bits per heavy atom. The Kier molecular flexibility index (Phi) is 10.0. The largest absolute Gasteiger partial charge is 0.493 e. The fourth-order valence-electron chi connectivity index (χ4n) is 5.05. The fraction of sp³-hybridized carbons (Fsp3) is 0.394. The number of nitrogens with one attached hydrogen (secondary N) is 1. The van der Waals surface area contributed by atoms with Crippen LogP contribution in [-0.2, 0) is 29.1 Å². The minimum absolute atomic E-state index is 0.0146. The number of hydrogen-bond acceptors (Lipinski definition) is 5. The molecule has 9 heteroatoms. The molecule has 42 heavy (non-hydrogen) atoms. The highest BCUT2D eigenvalue weighted by molar-refractivity contribution is 5.84. The molecular formula is C33H38F2N2O5. The summed E-state index contributed by atoms with van der Waals surface area (Å²) in [5.74, 6) is -0.835. The van der Waals surface area contributed by atoms with Gasteiger partial charge >= 0.3 is 6.09 Å². The number of hydrogen-bond donors (Lipinski definition) is 1. The number of benzene rings is 3. The van der Waals surface area contributed by atoms with Crippen LogP contribution in [0.1, 0.15) is 61.8 Å². The van der Waals surface area contributed by atoms with Gasteiger partial charge in [0.2, 0.25) is 5.91 Å². The van der Waals surface area contributed by atoms with Crippen LogP contribution in [-0.4, -0.2) is 42.7 Å². The van der Waals surface area contributed by atoms with Crippen LogP contribution in [0.25, 0.3) is 0 Å². The van der Waals surface area contributed by atoms with Gasteiger partial charge in [0.05, 0.1) is 13.0 Å². The molecule has 0 saturated carbocycles. The zero-order valence-corrected chi connectivity index (χ0v) is 24.5. The number of methoxy groups -OCH3 is 1. The average molecular weight is 581 g/mol. The number of carbonyl (C=O) groups is 2. The van der Waals surface area contributed by atoms with E-state index < -0.39 is 23.3 Å². The first-order valence-electron chi connectivity index (χ1n) is 14.1. The Hall–Kier alpha value is -4.14. The molecule has 4 rings (SSSR count). The highest BCUT2D eigenvalue weighted by Gasteiger charge is 2.30. The molecule has 0 heterocycles. The van der Waals surface area contributed by atoms with E-state index in [4.69, 9.17) is 14.2 Å². The first kappa shape index (κ1) is 30.8. The first-order valence-corrected chi connectivity index (χ1v) is 14.1. The van der Waals surface area contributed by atoms with Crippen LogP contribution in [0.5, 0.6) is 11.5 Å². The predicted octanol–water partition coefficient (Wildman–Crippen LogP) is 6.53. The van der Waals surface area contributed by atoms with Crippen molar-refractivity contribution in [3.05, 3.63) is 94.6 Å². The standard InChI is InChI=1S/C33H38F2N2O5/c1-33(2,3)42-32(39)36-16-17-37(31(38)27-11-7-9-23-8-5-6-10-26(23)27)20-22-12-15-29(30(18-22)40-4)41-21-24-13-14-25(34)19-28(24)35/h5-6,8,10,12-15,18-19,27H,7,9,11,16-17,20-21H2,1-4H3,(H,36,39). The number of aryl methyl sites for hydroxylation is 1. The molecule has 224 valence electrons. The van der Waals surface area contributed by atoms with Gasteiger partial charge in [-0.3, -0.25) is 4.79 Å². The van der Waals surface area contributed by atoms with Crippen LogP contribution in [0.4, 0.5) is 13.6 Å². The van der Waals surface area contributed by atoms with Gasteiger partial charge in [0.15, 0.2) is 11.5 Å². The van der Waals surface area contributed by atoms with E-state index >= 15 is 0 Å². The maximum absolute atomic E-state index is 14.1. The van der Waals surface area contributed by atoms with Crippen molar-refractivity contribution >= 4 is 12.0 Å². The molecule has 0 bridgehead atoms. The lowest BCUT2D eigenvalue weighted by Crippen LogP contribution is -2.42. The molecule has 3 aromatic carbocycles. The topological polar surface area (TPSA) is 77.1 Å². The molecule has 1 aliphatic rings. The Balaban J connectivity index is 1.51. The lowest BCUT2D eigenvalue weighted by atomic mass is 9.82. The second kappa shape index (κ2) is 13.7. The quantitative estimate of drug-likeness (QED) is 0.295. The van der Waals surface area contributed by atoms with Crippen molar-refractivity contribution in [3.63, 3.8) is 0 Å². The Morgan fingerprint density at radius 3 is 2.55 bits per heavy atom. The SMILES string of the molecule is COc1cc(CN(CCNC(=O)OC(C)(C)C)C(=O)C2CCCc3ccccc32)ccc1OCc1ccc(F)cc1F. The number of amides is 2. The average Bonchev–Trinajstić information content (AvgIpc) is 2.95. The van der Waals surface area contributed by atoms with E-state index in [2.05, 4.69) is 11.4 Å². The molecule has 1 N–H and O–H groups in total. The number of nitrogens with zero attached hydrogens (tertiary/aromatic N) is 1. The minimum atomic E-state index is -0.691. The second-order valence-corrected chi connectivity index (χ2v) is 11.3. The van der Waals surface area contributed by atoms with Crippen LogP contribution in [0, 0.1) is 11.6 Å². The van der Waals surface area contributed by atoms with Crippen molar-refractivity contribution in [2.45, 2.75) is 64.7 Å². The van der Waals surface area contributed by atoms with Crippen LogP contribution in [0.2, 0.25) is 0 Å². The molecule has 0 fully saturated rings. The maximum Gasteiger partial charge on any atom is 0.407 e. The van der Waals surface area contributed by atoms with E-state index in [1.165, 1.54) is 24.8 Å². The van der Waals surface area contributed by atoms with Crippen LogP contribution >= 0.6 is 0 Å². The zero-order chi connectivity index (χ0) is 30.3. The van der Waals surface area contributed by atoms with E-state index in [1.807, 2.05) is 24.3 Å². The predicted molar refractivity (Wildman–Crippen MR) is 155 cm³/mol. The molecule has 1 unspecified atom stereocenters. The molecule has 0 saturated heterocycles. The number of ether oxygens (including phenoxy) is 3. The zero-order valence-electron chi connectivity index (χ0n) is 24.5. The first-order chi connectivity index (χ1) is 20.0. The highest BCUT2D eigenvalue weighted by Crippen LogP contribution is 2.34. The van der Waals surface area contributed by atoms with E-state index in [9.17, 15) is 18.4 Å². The van der Waals surface area contributed by atoms with Gasteiger partial charge in [0.25, 0.3) is 0 Å². The van der Waals surface area contributed by atoms with Crippen molar-refractivity contribution in [2.75, 3.05) is 20.2 Å². The summed E-state index contributed by atoms with van der Waals surface area (Å²) in [6, 6.07) is 16.7. The van der Waals surface area contributed by atoms with E-state index in [0.29, 0.717) is 11.5 Å². The van der Waals surface area contributed by atoms with Crippen molar-refractivity contribution in [3.8, 4) is 11.5 Å². The van der Waals surface area contributed by atoms with Crippen molar-refractivity contribution in [1.82, 2.24) is 10.2 Å². The van der Waals surface area contributed by atoms with Crippen molar-refractivity contribution in [1.29, 1.82) is 0 Å². The summed E-state index contributed by atoms with van der Waals surface area (Å²) in [6.07, 6.45) is 2.08. The van der Waals surface area contributed by atoms with Gasteiger partial charge in [-0.15, -0.1) is 0 Å². The van der Waals surface area contributed by atoms with Crippen molar-refractivity contribution in [2.24, 2.45) is 0 Å². The second-order valence-electron chi connectivity index (χ2n) is 11.3. The summed E-state index contributed by atoms with van der Waals surface area (Å²) in [5.41, 5.74) is 2.61. The summed E-state index contributed by atoms with van der Waals surface area (Å²) >= 11 is 0. The normalized spacial score (nSPS) is 14.5. The fourth-order valence-corrected chi connectivity index (χ4v) is 5.05. The Bertz CT molecular complexity index is 1410. The van der Waals surface area contributed by atoms with Crippen LogP contribution in [0.15, 0.2) is 60.7 Å². The van der Waals surface area contributed by atoms with E-state index in [-0.39, 0.29) is 43.6 Å². The van der Waals surface area contributed by atoms with E-state index in [0.717, 1.165) is 36.5 Å². The molecule has 0 aromatic heterocycles. The molecular weight excluding hydrogens is 542 g/mol. The third-order valence-electron chi connectivity index (χ3n) is 7.03. The molecule has 3 aromatic rings. The molecule has 2 amide bonds. The Morgan fingerprint density at radius 2 is 1.81 bits per heavy atom. The smallest absolute Gasteiger partial charge is 0.407 e. The monoisotopic (exact) mass is 580 g/mol. The summed E-state index contributed by atoms with van der Waals surface area (Å²) in [6.45, 7) is 6.04. The number of halogens is 2. The van der Waals surface area contributed by atoms with Gasteiger partial charge < -0.3 is 24.4 Å². The number of carbonyl (C=O) groups excluding carboxylic acids is 2. The minimum Gasteiger partial charge on any atom is -0.493 e. The lowest BCUT2D eigenvalue weighted by Gasteiger charge is -2.31. The van der Waals surface area contributed by atoms with Gasteiger partial charge in [0.1, 0.15) is 23.8 Å². The van der Waals surface area contributed by atoms with Crippen LogP contribution in [0.3, 0.4) is 0 Å². The molecule has 1 aliphatic carbocycles. The molecule has 0 radical (unpaired) electrons. The number of alkyl carbamates (subject to hydrolysis) is 1. The van der Waals surface area contributed by atoms with Crippen LogP contribution < -0.4 is 14.8 Å². The van der Waals surface area contributed by atoms with Gasteiger partial charge in [-0.05, 0) is 81.0 Å². The molecule has 0 spiro atoms. The summed E-state index contributed by atoms with van der Waals surface area (Å²) < 4.78 is 44.0. The Labute approximate surface area is 245 Å². The van der Waals surface area contributed by atoms with Gasteiger partial charge in [0, 0.05) is 31.3 Å². The summed E-state index contributed by atoms with van der Waals surface area (Å²) in [4.78, 5) is 28.0. The summed E-state index contributed by atoms with van der Waals surface area (Å²) in [5, 5.41) is 2.75. The highest BCUT2D eigenvalue weighted by atomic mass is 19.1. The summed E-state index contributed by atoms with van der Waals surface area (Å²) in [7, 11) is 1.50. The van der Waals surface area contributed by atoms with E-state index in [1.54, 1.807) is 37.8 Å². The van der Waals surface area contributed by atoms with Gasteiger partial charge in [-0.1, -0.05) is 30.3 Å². The third-order valence-corrected chi connectivity index (χ3v) is 7.03. The third kappa shape index (κ3) is 8.21. The lowest BCUT2D eigenvalue weighted by molar-refractivity contribution is -0.133. The number of fused-ring (bicyclic) bond motifs is 1. The number of rotatable bonds is 10. The van der Waals surface area contributed by atoms with Gasteiger partial charge in [-0.2, -0.15) is 0 Å². The molecule has 0 aliphatic heterocycles. The molecule has 7 nitrogen and oxygen atoms in total. The molecule has 1 atom stereocenters. The van der Waals surface area contributed by atoms with Gasteiger partial charge in [-0.25, -0.2) is 13.6 Å². The van der Waals surface area contributed by atoms with Crippen molar-refractivity contribution < 1.29 is 32.6 Å².